The molecule has 1 unspecified atom stereocenters. The van der Waals surface area contributed by atoms with Gasteiger partial charge in [0.05, 0.1) is 11.4 Å². The van der Waals surface area contributed by atoms with E-state index < -0.39 is 6.09 Å². The highest BCUT2D eigenvalue weighted by atomic mass is 16.7. The number of fused-ring (bicyclic) bond motifs is 2. The summed E-state index contributed by atoms with van der Waals surface area (Å²) < 4.78 is 6.16. The van der Waals surface area contributed by atoms with E-state index in [-0.39, 0.29) is 6.10 Å². The van der Waals surface area contributed by atoms with E-state index in [1.54, 1.807) is 0 Å². The van der Waals surface area contributed by atoms with Crippen molar-refractivity contribution in [3.8, 4) is 5.75 Å². The van der Waals surface area contributed by atoms with Gasteiger partial charge >= 0.3 is 6.09 Å². The van der Waals surface area contributed by atoms with Crippen molar-refractivity contribution in [2.24, 2.45) is 5.16 Å². The molecule has 0 spiro atoms. The molecule has 1 N–H and O–H groups in total. The normalized spacial score (nSPS) is 16.4. The van der Waals surface area contributed by atoms with Gasteiger partial charge < -0.3 is 4.74 Å². The Morgan fingerprint density at radius 2 is 1.61 bits per heavy atom. The molecule has 0 radical (unpaired) electrons. The lowest BCUT2D eigenvalue weighted by molar-refractivity contribution is 0.163. The van der Waals surface area contributed by atoms with Crippen LogP contribution in [-0.2, 0) is 4.84 Å². The Balaban J connectivity index is 1.38. The van der Waals surface area contributed by atoms with Crippen LogP contribution in [-0.4, -0.2) is 11.8 Å². The predicted octanol–water partition coefficient (Wildman–Crippen LogP) is 6.32. The highest BCUT2D eigenvalue weighted by Gasteiger charge is 2.26. The van der Waals surface area contributed by atoms with Gasteiger partial charge in [-0.15, -0.1) is 0 Å². The number of para-hydroxylation sites is 1. The van der Waals surface area contributed by atoms with E-state index >= 15 is 0 Å². The minimum atomic E-state index is -0.635. The van der Waals surface area contributed by atoms with Crippen molar-refractivity contribution >= 4 is 28.3 Å². The molecule has 0 bridgehead atoms. The fourth-order valence-electron chi connectivity index (χ4n) is 3.79. The Bertz CT molecular complexity index is 1260. The second kappa shape index (κ2) is 8.32. The molecule has 31 heavy (non-hydrogen) atoms. The van der Waals surface area contributed by atoms with E-state index in [2.05, 4.69) is 10.5 Å². The number of anilines is 1. The molecule has 0 fully saturated rings. The Kier molecular flexibility index (Phi) is 5.07. The first-order chi connectivity index (χ1) is 15.3. The number of rotatable bonds is 3. The van der Waals surface area contributed by atoms with E-state index in [1.807, 2.05) is 97.1 Å². The Morgan fingerprint density at radius 1 is 0.871 bits per heavy atom. The van der Waals surface area contributed by atoms with Crippen LogP contribution >= 0.6 is 0 Å². The topological polar surface area (TPSA) is 59.9 Å². The summed E-state index contributed by atoms with van der Waals surface area (Å²) >= 11 is 0. The maximum atomic E-state index is 12.5. The summed E-state index contributed by atoms with van der Waals surface area (Å²) in [6, 6.07) is 31.2. The zero-order valence-electron chi connectivity index (χ0n) is 16.7. The maximum Gasteiger partial charge on any atom is 0.437 e. The van der Waals surface area contributed by atoms with E-state index in [1.165, 1.54) is 0 Å². The molecule has 1 aliphatic rings. The van der Waals surface area contributed by atoms with Crippen LogP contribution in [0.25, 0.3) is 10.8 Å². The first-order valence-corrected chi connectivity index (χ1v) is 10.1. The van der Waals surface area contributed by atoms with Gasteiger partial charge in [0, 0.05) is 17.4 Å². The number of nitrogens with zero attached hydrogens (tertiary/aromatic N) is 1. The molecule has 152 valence electrons. The molecular formula is C26H20N2O3. The fraction of sp³-hybridized carbons (Fsp3) is 0.0769. The highest BCUT2D eigenvalue weighted by molar-refractivity contribution is 6.04. The van der Waals surface area contributed by atoms with Crippen LogP contribution in [0.3, 0.4) is 0 Å². The lowest BCUT2D eigenvalue weighted by Gasteiger charge is -2.27. The summed E-state index contributed by atoms with van der Waals surface area (Å²) in [7, 11) is 0. The third kappa shape index (κ3) is 3.98. The molecule has 1 heterocycles. The number of hydrogen-bond acceptors (Lipinski definition) is 4. The molecule has 1 aliphatic heterocycles. The average Bonchev–Trinajstić information content (AvgIpc) is 2.83. The summed E-state index contributed by atoms with van der Waals surface area (Å²) in [5.41, 5.74) is 3.22. The maximum absolute atomic E-state index is 12.5. The molecule has 0 saturated carbocycles. The van der Waals surface area contributed by atoms with Gasteiger partial charge in [-0.2, -0.15) is 0 Å². The van der Waals surface area contributed by atoms with Crippen LogP contribution in [0.4, 0.5) is 10.5 Å². The first-order valence-electron chi connectivity index (χ1n) is 10.1. The zero-order valence-corrected chi connectivity index (χ0v) is 16.7. The average molecular weight is 408 g/mol. The number of ether oxygens (including phenoxy) is 1. The van der Waals surface area contributed by atoms with Gasteiger partial charge in [0.25, 0.3) is 0 Å². The van der Waals surface area contributed by atoms with Gasteiger partial charge in [-0.25, -0.2) is 4.79 Å². The van der Waals surface area contributed by atoms with Crippen molar-refractivity contribution in [1.82, 2.24) is 0 Å². The molecule has 4 aromatic rings. The summed E-state index contributed by atoms with van der Waals surface area (Å²) in [4.78, 5) is 17.7. The molecule has 5 nitrogen and oxygen atoms in total. The SMILES string of the molecule is O=C(Nc1cccc2ccccc12)ON=C1CC(c2ccccc2)Oc2ccccc21. The van der Waals surface area contributed by atoms with Gasteiger partial charge in [0.1, 0.15) is 11.9 Å². The van der Waals surface area contributed by atoms with Gasteiger partial charge in [-0.1, -0.05) is 84.0 Å². The zero-order chi connectivity index (χ0) is 21.0. The minimum absolute atomic E-state index is 0.195. The van der Waals surface area contributed by atoms with Crippen LogP contribution in [0, 0.1) is 0 Å². The lowest BCUT2D eigenvalue weighted by atomic mass is 9.96. The summed E-state index contributed by atoms with van der Waals surface area (Å²) in [5, 5.41) is 8.97. The highest BCUT2D eigenvalue weighted by Crippen LogP contribution is 2.35. The molecule has 0 aliphatic carbocycles. The molecule has 4 aromatic carbocycles. The van der Waals surface area contributed by atoms with E-state index in [0.717, 1.165) is 27.6 Å². The van der Waals surface area contributed by atoms with Crippen LogP contribution < -0.4 is 10.1 Å². The predicted molar refractivity (Wildman–Crippen MR) is 121 cm³/mol. The minimum Gasteiger partial charge on any atom is -0.485 e. The smallest absolute Gasteiger partial charge is 0.437 e. The molecule has 5 rings (SSSR count). The lowest BCUT2D eigenvalue weighted by Crippen LogP contribution is -2.22. The molecular weight excluding hydrogens is 388 g/mol. The van der Waals surface area contributed by atoms with Crippen molar-refractivity contribution in [3.05, 3.63) is 108 Å². The van der Waals surface area contributed by atoms with Crippen molar-refractivity contribution in [2.45, 2.75) is 12.5 Å². The van der Waals surface area contributed by atoms with Crippen LogP contribution in [0.2, 0.25) is 0 Å². The van der Waals surface area contributed by atoms with E-state index in [9.17, 15) is 4.79 Å². The molecule has 0 saturated heterocycles. The molecule has 1 amide bonds. The number of carbonyl (C=O) groups is 1. The van der Waals surface area contributed by atoms with Crippen molar-refractivity contribution in [1.29, 1.82) is 0 Å². The molecule has 0 aromatic heterocycles. The first kappa shape index (κ1) is 18.9. The third-order valence-corrected chi connectivity index (χ3v) is 5.28. The third-order valence-electron chi connectivity index (χ3n) is 5.28. The monoisotopic (exact) mass is 408 g/mol. The Hall–Kier alpha value is -4.12. The summed E-state index contributed by atoms with van der Waals surface area (Å²) in [6.45, 7) is 0. The second-order valence-electron chi connectivity index (χ2n) is 7.29. The van der Waals surface area contributed by atoms with Gasteiger partial charge in [0.2, 0.25) is 0 Å². The summed E-state index contributed by atoms with van der Waals surface area (Å²) in [5.74, 6) is 0.722. The van der Waals surface area contributed by atoms with E-state index in [4.69, 9.17) is 9.57 Å². The van der Waals surface area contributed by atoms with Crippen molar-refractivity contribution < 1.29 is 14.4 Å². The fourth-order valence-corrected chi connectivity index (χ4v) is 3.79. The van der Waals surface area contributed by atoms with Gasteiger partial charge in [-0.3, -0.25) is 10.2 Å². The quantitative estimate of drug-likeness (QED) is 0.319. The number of benzene rings is 4. The molecule has 5 heteroatoms. The van der Waals surface area contributed by atoms with Gasteiger partial charge in [0.15, 0.2) is 0 Å². The largest absolute Gasteiger partial charge is 0.485 e. The van der Waals surface area contributed by atoms with Crippen LogP contribution in [0.15, 0.2) is 102 Å². The number of carbonyl (C=O) groups excluding carboxylic acids is 1. The van der Waals surface area contributed by atoms with Crippen LogP contribution in [0.1, 0.15) is 23.7 Å². The number of hydrogen-bond donors (Lipinski definition) is 1. The number of oxime groups is 1. The Labute approximate surface area is 179 Å². The number of amides is 1. The van der Waals surface area contributed by atoms with Crippen molar-refractivity contribution in [3.63, 3.8) is 0 Å². The molecule has 1 atom stereocenters. The standard InChI is InChI=1S/C26H20N2O3/c29-26(27-22-15-8-12-18-9-4-5-13-20(18)22)31-28-23-17-25(19-10-2-1-3-11-19)30-24-16-7-6-14-21(23)24/h1-16,25H,17H2,(H,27,29). The summed E-state index contributed by atoms with van der Waals surface area (Å²) in [6.07, 6.45) is -0.327. The van der Waals surface area contributed by atoms with Crippen LogP contribution in [0.5, 0.6) is 5.75 Å². The van der Waals surface area contributed by atoms with Crippen molar-refractivity contribution in [2.75, 3.05) is 5.32 Å². The van der Waals surface area contributed by atoms with E-state index in [0.29, 0.717) is 17.8 Å². The van der Waals surface area contributed by atoms with Gasteiger partial charge in [-0.05, 0) is 29.1 Å². The Morgan fingerprint density at radius 3 is 2.52 bits per heavy atom. The number of nitrogens with one attached hydrogen (secondary N) is 1. The second-order valence-corrected chi connectivity index (χ2v) is 7.29.